The summed E-state index contributed by atoms with van der Waals surface area (Å²) in [6.07, 6.45) is 2.79. The Hall–Kier alpha value is -0.390. The average Bonchev–Trinajstić information content (AvgIpc) is 2.55. The quantitative estimate of drug-likeness (QED) is 0.873. The molecule has 4 nitrogen and oxygen atoms in total. The third kappa shape index (κ3) is 3.57. The van der Waals surface area contributed by atoms with Crippen molar-refractivity contribution in [2.45, 2.75) is 38.8 Å². The molecule has 1 aromatic rings. The van der Waals surface area contributed by atoms with E-state index in [1.54, 1.807) is 7.11 Å². The summed E-state index contributed by atoms with van der Waals surface area (Å²) < 4.78 is 8.11. The van der Waals surface area contributed by atoms with Gasteiger partial charge >= 0.3 is 0 Å². The fraction of sp³-hybridized carbons (Fsp3) is 0.727. The number of nitrogens with two attached hydrogens (primary N) is 1. The summed E-state index contributed by atoms with van der Waals surface area (Å²) >= 11 is 3.53. The molecule has 0 saturated carbocycles. The molecule has 16 heavy (non-hydrogen) atoms. The molecule has 0 fully saturated rings. The number of aromatic nitrogens is 2. The average molecular weight is 290 g/mol. The van der Waals surface area contributed by atoms with Crippen LogP contribution in [0.1, 0.15) is 31.9 Å². The Morgan fingerprint density at radius 3 is 2.81 bits per heavy atom. The maximum absolute atomic E-state index is 5.83. The van der Waals surface area contributed by atoms with Crippen molar-refractivity contribution in [3.8, 4) is 0 Å². The van der Waals surface area contributed by atoms with Gasteiger partial charge in [0, 0.05) is 19.1 Å². The van der Waals surface area contributed by atoms with Gasteiger partial charge in [-0.05, 0) is 29.3 Å². The van der Waals surface area contributed by atoms with Gasteiger partial charge in [0.15, 0.2) is 0 Å². The molecule has 1 heterocycles. The molecule has 0 aliphatic carbocycles. The summed E-state index contributed by atoms with van der Waals surface area (Å²) in [5.41, 5.74) is 7.03. The first-order valence-corrected chi connectivity index (χ1v) is 6.31. The van der Waals surface area contributed by atoms with Crippen LogP contribution in [-0.2, 0) is 11.3 Å². The summed E-state index contributed by atoms with van der Waals surface area (Å²) in [6.45, 7) is 5.65. The van der Waals surface area contributed by atoms with E-state index in [1.807, 2.05) is 17.8 Å². The molecule has 2 unspecified atom stereocenters. The molecule has 0 amide bonds. The Morgan fingerprint density at radius 1 is 1.56 bits per heavy atom. The van der Waals surface area contributed by atoms with Gasteiger partial charge in [-0.25, -0.2) is 0 Å². The Labute approximate surface area is 105 Å². The van der Waals surface area contributed by atoms with E-state index >= 15 is 0 Å². The zero-order valence-electron chi connectivity index (χ0n) is 10.1. The van der Waals surface area contributed by atoms with Gasteiger partial charge in [-0.3, -0.25) is 4.68 Å². The maximum atomic E-state index is 5.83. The normalized spacial score (nSPS) is 15.1. The lowest BCUT2D eigenvalue weighted by molar-refractivity contribution is 0.182. The van der Waals surface area contributed by atoms with Crippen molar-refractivity contribution in [3.63, 3.8) is 0 Å². The highest BCUT2D eigenvalue weighted by atomic mass is 79.9. The highest BCUT2D eigenvalue weighted by molar-refractivity contribution is 9.10. The number of methoxy groups -OCH3 is 1. The summed E-state index contributed by atoms with van der Waals surface area (Å²) in [5.74, 6) is 0.397. The second-order valence-electron chi connectivity index (χ2n) is 4.21. The van der Waals surface area contributed by atoms with Gasteiger partial charge in [-0.2, -0.15) is 5.10 Å². The Morgan fingerprint density at radius 2 is 2.25 bits per heavy atom. The molecule has 5 heteroatoms. The number of halogens is 1. The molecule has 0 radical (unpaired) electrons. The third-order valence-corrected chi connectivity index (χ3v) is 3.14. The molecule has 0 saturated heterocycles. The van der Waals surface area contributed by atoms with E-state index in [0.717, 1.165) is 17.4 Å². The van der Waals surface area contributed by atoms with Crippen molar-refractivity contribution in [3.05, 3.63) is 16.4 Å². The number of hydrogen-bond acceptors (Lipinski definition) is 3. The second kappa shape index (κ2) is 6.37. The lowest BCUT2D eigenvalue weighted by Crippen LogP contribution is -2.20. The Bertz CT molecular complexity index is 325. The minimum atomic E-state index is 0.202. The van der Waals surface area contributed by atoms with E-state index in [4.69, 9.17) is 10.5 Å². The zero-order chi connectivity index (χ0) is 12.1. The van der Waals surface area contributed by atoms with Gasteiger partial charge in [0.2, 0.25) is 0 Å². The molecule has 0 aromatic carbocycles. The van der Waals surface area contributed by atoms with Crippen LogP contribution in [0.4, 0.5) is 0 Å². The summed E-state index contributed by atoms with van der Waals surface area (Å²) in [5, 5.41) is 4.33. The molecule has 2 atom stereocenters. The van der Waals surface area contributed by atoms with Gasteiger partial charge in [-0.15, -0.1) is 0 Å². The molecule has 0 aliphatic rings. The first kappa shape index (κ1) is 13.7. The molecule has 0 aliphatic heterocycles. The first-order valence-electron chi connectivity index (χ1n) is 5.52. The summed E-state index contributed by atoms with van der Waals surface area (Å²) in [4.78, 5) is 0. The van der Waals surface area contributed by atoms with Crippen LogP contribution >= 0.6 is 15.9 Å². The third-order valence-electron chi connectivity index (χ3n) is 2.53. The molecule has 0 bridgehead atoms. The lowest BCUT2D eigenvalue weighted by atomic mass is 10.00. The molecule has 92 valence electrons. The van der Waals surface area contributed by atoms with E-state index in [9.17, 15) is 0 Å². The number of hydrogen-bond donors (Lipinski definition) is 1. The largest absolute Gasteiger partial charge is 0.383 e. The van der Waals surface area contributed by atoms with Crippen molar-refractivity contribution in [2.75, 3.05) is 13.7 Å². The van der Waals surface area contributed by atoms with Crippen molar-refractivity contribution in [1.29, 1.82) is 0 Å². The van der Waals surface area contributed by atoms with Gasteiger partial charge in [0.05, 0.1) is 29.5 Å². The highest BCUT2D eigenvalue weighted by Gasteiger charge is 2.17. The van der Waals surface area contributed by atoms with Gasteiger partial charge < -0.3 is 10.5 Å². The summed E-state index contributed by atoms with van der Waals surface area (Å²) in [6, 6.07) is 0.202. The predicted molar refractivity (Wildman–Crippen MR) is 68.5 cm³/mol. The Balaban J connectivity index is 2.79. The fourth-order valence-corrected chi connectivity index (χ4v) is 2.57. The summed E-state index contributed by atoms with van der Waals surface area (Å²) in [7, 11) is 1.70. The minimum Gasteiger partial charge on any atom is -0.383 e. The standard InChI is InChI=1S/C11H20BrN3O/c1-8(6-9(2)13)11-10(12)7-14-15(11)4-5-16-3/h7-9H,4-6,13H2,1-3H3. The van der Waals surface area contributed by atoms with Crippen LogP contribution in [0.25, 0.3) is 0 Å². The van der Waals surface area contributed by atoms with Crippen molar-refractivity contribution >= 4 is 15.9 Å². The van der Waals surface area contributed by atoms with Crippen LogP contribution in [0.2, 0.25) is 0 Å². The molecular formula is C11H20BrN3O. The van der Waals surface area contributed by atoms with E-state index in [0.29, 0.717) is 12.5 Å². The molecule has 0 spiro atoms. The monoisotopic (exact) mass is 289 g/mol. The van der Waals surface area contributed by atoms with Gasteiger partial charge in [0.25, 0.3) is 0 Å². The van der Waals surface area contributed by atoms with E-state index < -0.39 is 0 Å². The van der Waals surface area contributed by atoms with Crippen LogP contribution in [0, 0.1) is 0 Å². The van der Waals surface area contributed by atoms with Crippen molar-refractivity contribution in [2.24, 2.45) is 5.73 Å². The molecular weight excluding hydrogens is 270 g/mol. The van der Waals surface area contributed by atoms with Crippen molar-refractivity contribution < 1.29 is 4.74 Å². The fourth-order valence-electron chi connectivity index (χ4n) is 1.89. The first-order chi connectivity index (χ1) is 7.56. The number of ether oxygens (including phenoxy) is 1. The van der Waals surface area contributed by atoms with Crippen LogP contribution in [0.15, 0.2) is 10.7 Å². The van der Waals surface area contributed by atoms with Crippen LogP contribution in [0.5, 0.6) is 0 Å². The molecule has 1 aromatic heterocycles. The van der Waals surface area contributed by atoms with E-state index in [1.165, 1.54) is 5.69 Å². The van der Waals surface area contributed by atoms with E-state index in [-0.39, 0.29) is 6.04 Å². The maximum Gasteiger partial charge on any atom is 0.0658 e. The van der Waals surface area contributed by atoms with E-state index in [2.05, 4.69) is 28.0 Å². The molecule has 1 rings (SSSR count). The lowest BCUT2D eigenvalue weighted by Gasteiger charge is -2.16. The SMILES string of the molecule is COCCn1ncc(Br)c1C(C)CC(C)N. The highest BCUT2D eigenvalue weighted by Crippen LogP contribution is 2.27. The van der Waals surface area contributed by atoms with Gasteiger partial charge in [-0.1, -0.05) is 6.92 Å². The molecule has 2 N–H and O–H groups in total. The minimum absolute atomic E-state index is 0.202. The second-order valence-corrected chi connectivity index (χ2v) is 5.06. The van der Waals surface area contributed by atoms with Crippen LogP contribution in [-0.4, -0.2) is 29.5 Å². The van der Waals surface area contributed by atoms with Crippen LogP contribution < -0.4 is 5.73 Å². The topological polar surface area (TPSA) is 53.1 Å². The number of nitrogens with zero attached hydrogens (tertiary/aromatic N) is 2. The Kier molecular flexibility index (Phi) is 5.44. The number of rotatable bonds is 6. The van der Waals surface area contributed by atoms with Crippen molar-refractivity contribution in [1.82, 2.24) is 9.78 Å². The zero-order valence-corrected chi connectivity index (χ0v) is 11.7. The predicted octanol–water partition coefficient (Wildman–Crippen LogP) is 2.13. The van der Waals surface area contributed by atoms with Crippen LogP contribution in [0.3, 0.4) is 0 Å². The smallest absolute Gasteiger partial charge is 0.0658 e. The van der Waals surface area contributed by atoms with Gasteiger partial charge in [0.1, 0.15) is 0 Å².